The van der Waals surface area contributed by atoms with E-state index in [2.05, 4.69) is 15.6 Å². The summed E-state index contributed by atoms with van der Waals surface area (Å²) < 4.78 is 48.6. The molecule has 1 aromatic heterocycles. The van der Waals surface area contributed by atoms with Crippen LogP contribution in [-0.2, 0) is 6.18 Å². The van der Waals surface area contributed by atoms with Gasteiger partial charge in [0.1, 0.15) is 11.5 Å². The largest absolute Gasteiger partial charge is 0.495 e. The fourth-order valence-corrected chi connectivity index (χ4v) is 2.37. The number of aryl methyl sites for hydroxylation is 1. The second kappa shape index (κ2) is 9.02. The Bertz CT molecular complexity index is 837. The van der Waals surface area contributed by atoms with Crippen molar-refractivity contribution < 1.29 is 22.6 Å². The zero-order valence-electron chi connectivity index (χ0n) is 16.8. The maximum Gasteiger partial charge on any atom is 0.416 e. The van der Waals surface area contributed by atoms with Crippen LogP contribution >= 0.6 is 0 Å². The van der Waals surface area contributed by atoms with Crippen LogP contribution in [0.1, 0.15) is 25.1 Å². The number of nitrogens with zero attached hydrogens (tertiary/aromatic N) is 1. The number of rotatable bonds is 7. The van der Waals surface area contributed by atoms with E-state index in [-0.39, 0.29) is 18.0 Å². The molecule has 0 atom stereocenters. The Kier molecular flexibility index (Phi) is 6.94. The number of aromatic nitrogens is 1. The molecule has 0 amide bonds. The lowest BCUT2D eigenvalue weighted by atomic mass is 9.95. The molecule has 158 valence electrons. The molecule has 29 heavy (non-hydrogen) atoms. The SMILES string of the molecule is COc1cc(NC(=N)NCC(C)(C)COc2ccc(C(F)(F)F)cc2)cnc1C. The second-order valence-electron chi connectivity index (χ2n) is 7.34. The van der Waals surface area contributed by atoms with Crippen LogP contribution in [-0.4, -0.2) is 31.2 Å². The number of alkyl halides is 3. The van der Waals surface area contributed by atoms with Gasteiger partial charge < -0.3 is 20.1 Å². The van der Waals surface area contributed by atoms with E-state index in [9.17, 15) is 13.2 Å². The number of hydrogen-bond acceptors (Lipinski definition) is 4. The molecule has 0 bridgehead atoms. The average Bonchev–Trinajstić information content (AvgIpc) is 2.66. The van der Waals surface area contributed by atoms with Gasteiger partial charge in [-0.2, -0.15) is 13.2 Å². The van der Waals surface area contributed by atoms with Crippen LogP contribution in [0.4, 0.5) is 18.9 Å². The highest BCUT2D eigenvalue weighted by Gasteiger charge is 2.30. The molecule has 1 aromatic carbocycles. The van der Waals surface area contributed by atoms with Gasteiger partial charge in [0.05, 0.1) is 36.9 Å². The number of anilines is 1. The maximum atomic E-state index is 12.6. The molecule has 0 unspecified atom stereocenters. The van der Waals surface area contributed by atoms with Crippen LogP contribution in [0.3, 0.4) is 0 Å². The summed E-state index contributed by atoms with van der Waals surface area (Å²) in [6.45, 7) is 6.35. The van der Waals surface area contributed by atoms with Crippen molar-refractivity contribution in [1.82, 2.24) is 10.3 Å². The summed E-state index contributed by atoms with van der Waals surface area (Å²) in [5.74, 6) is 1.06. The van der Waals surface area contributed by atoms with Gasteiger partial charge in [0.15, 0.2) is 5.96 Å². The minimum Gasteiger partial charge on any atom is -0.495 e. The quantitative estimate of drug-likeness (QED) is 0.464. The molecule has 0 aliphatic heterocycles. The monoisotopic (exact) mass is 410 g/mol. The molecule has 0 spiro atoms. The lowest BCUT2D eigenvalue weighted by molar-refractivity contribution is -0.137. The van der Waals surface area contributed by atoms with Gasteiger partial charge >= 0.3 is 6.18 Å². The molecule has 1 heterocycles. The fourth-order valence-electron chi connectivity index (χ4n) is 2.37. The Morgan fingerprint density at radius 2 is 1.83 bits per heavy atom. The second-order valence-corrected chi connectivity index (χ2v) is 7.34. The first kappa shape index (κ1) is 22.3. The zero-order valence-corrected chi connectivity index (χ0v) is 16.8. The number of guanidine groups is 1. The standard InChI is InChI=1S/C20H25F3N4O2/c1-13-17(28-4)9-15(10-25-13)27-18(24)26-11-19(2,3)12-29-16-7-5-14(6-8-16)20(21,22)23/h5-10H,11-12H2,1-4H3,(H3,24,26,27). The molecule has 0 saturated carbocycles. The Morgan fingerprint density at radius 3 is 2.41 bits per heavy atom. The third-order valence-electron chi connectivity index (χ3n) is 4.08. The average molecular weight is 410 g/mol. The number of halogens is 3. The minimum atomic E-state index is -4.37. The maximum absolute atomic E-state index is 12.6. The molecule has 0 radical (unpaired) electrons. The number of pyridine rings is 1. The van der Waals surface area contributed by atoms with Crippen molar-refractivity contribution in [3.05, 3.63) is 47.8 Å². The summed E-state index contributed by atoms with van der Waals surface area (Å²) >= 11 is 0. The lowest BCUT2D eigenvalue weighted by Crippen LogP contribution is -2.40. The van der Waals surface area contributed by atoms with E-state index in [1.54, 1.807) is 19.4 Å². The minimum absolute atomic E-state index is 0.0836. The molecule has 9 heteroatoms. The van der Waals surface area contributed by atoms with Gasteiger partial charge in [0.2, 0.25) is 0 Å². The van der Waals surface area contributed by atoms with Gasteiger partial charge in [-0.25, -0.2) is 0 Å². The molecule has 2 aromatic rings. The van der Waals surface area contributed by atoms with Gasteiger partial charge in [-0.15, -0.1) is 0 Å². The number of hydrogen-bond donors (Lipinski definition) is 3. The third-order valence-corrected chi connectivity index (χ3v) is 4.08. The highest BCUT2D eigenvalue weighted by molar-refractivity contribution is 5.91. The van der Waals surface area contributed by atoms with Crippen LogP contribution in [0, 0.1) is 17.7 Å². The molecule has 3 N–H and O–H groups in total. The summed E-state index contributed by atoms with van der Waals surface area (Å²) in [6.07, 6.45) is -2.76. The van der Waals surface area contributed by atoms with E-state index >= 15 is 0 Å². The van der Waals surface area contributed by atoms with Crippen molar-refractivity contribution in [3.63, 3.8) is 0 Å². The molecule has 2 rings (SSSR count). The Hall–Kier alpha value is -2.97. The van der Waals surface area contributed by atoms with Crippen molar-refractivity contribution in [2.24, 2.45) is 5.41 Å². The van der Waals surface area contributed by atoms with Crippen LogP contribution in [0.25, 0.3) is 0 Å². The summed E-state index contributed by atoms with van der Waals surface area (Å²) in [5, 5.41) is 13.9. The Balaban J connectivity index is 1.83. The zero-order chi connectivity index (χ0) is 21.7. The van der Waals surface area contributed by atoms with E-state index in [1.165, 1.54) is 12.1 Å². The number of nitrogens with one attached hydrogen (secondary N) is 3. The highest BCUT2D eigenvalue weighted by atomic mass is 19.4. The van der Waals surface area contributed by atoms with Crippen LogP contribution in [0.15, 0.2) is 36.5 Å². The summed E-state index contributed by atoms with van der Waals surface area (Å²) in [6, 6.07) is 6.33. The topological polar surface area (TPSA) is 79.3 Å². The summed E-state index contributed by atoms with van der Waals surface area (Å²) in [5.41, 5.74) is 0.273. The molecule has 0 aliphatic carbocycles. The van der Waals surface area contributed by atoms with Gasteiger partial charge in [0.25, 0.3) is 0 Å². The lowest BCUT2D eigenvalue weighted by Gasteiger charge is -2.26. The van der Waals surface area contributed by atoms with Crippen molar-refractivity contribution in [3.8, 4) is 11.5 Å². The van der Waals surface area contributed by atoms with Gasteiger partial charge in [-0.3, -0.25) is 10.4 Å². The predicted molar refractivity (Wildman–Crippen MR) is 106 cm³/mol. The Labute approximate surface area is 168 Å². The Morgan fingerprint density at radius 1 is 1.17 bits per heavy atom. The van der Waals surface area contributed by atoms with Crippen molar-refractivity contribution in [2.75, 3.05) is 25.6 Å². The van der Waals surface area contributed by atoms with E-state index in [4.69, 9.17) is 14.9 Å². The normalized spacial score (nSPS) is 11.7. The predicted octanol–water partition coefficient (Wildman–Crippen LogP) is 4.46. The first-order valence-corrected chi connectivity index (χ1v) is 8.90. The number of ether oxygens (including phenoxy) is 2. The molecule has 6 nitrogen and oxygen atoms in total. The summed E-state index contributed by atoms with van der Waals surface area (Å²) in [4.78, 5) is 4.19. The summed E-state index contributed by atoms with van der Waals surface area (Å²) in [7, 11) is 1.55. The van der Waals surface area contributed by atoms with Crippen LogP contribution < -0.4 is 20.1 Å². The molecular formula is C20H25F3N4O2. The molecule has 0 aliphatic rings. The molecular weight excluding hydrogens is 385 g/mol. The van der Waals surface area contributed by atoms with Crippen LogP contribution in [0.5, 0.6) is 11.5 Å². The number of methoxy groups -OCH3 is 1. The van der Waals surface area contributed by atoms with E-state index in [0.29, 0.717) is 23.7 Å². The highest BCUT2D eigenvalue weighted by Crippen LogP contribution is 2.30. The van der Waals surface area contributed by atoms with E-state index < -0.39 is 11.7 Å². The number of benzene rings is 1. The van der Waals surface area contributed by atoms with E-state index in [0.717, 1.165) is 17.8 Å². The van der Waals surface area contributed by atoms with E-state index in [1.807, 2.05) is 20.8 Å². The first-order chi connectivity index (χ1) is 13.5. The van der Waals surface area contributed by atoms with Crippen molar-refractivity contribution >= 4 is 11.6 Å². The smallest absolute Gasteiger partial charge is 0.416 e. The van der Waals surface area contributed by atoms with Crippen molar-refractivity contribution in [1.29, 1.82) is 5.41 Å². The first-order valence-electron chi connectivity index (χ1n) is 8.90. The fraction of sp³-hybridized carbons (Fsp3) is 0.400. The molecule has 0 saturated heterocycles. The van der Waals surface area contributed by atoms with Gasteiger partial charge in [0, 0.05) is 18.0 Å². The van der Waals surface area contributed by atoms with Crippen molar-refractivity contribution in [2.45, 2.75) is 26.9 Å². The molecule has 0 fully saturated rings. The van der Waals surface area contributed by atoms with Gasteiger partial charge in [-0.1, -0.05) is 13.8 Å². The van der Waals surface area contributed by atoms with Crippen LogP contribution in [0.2, 0.25) is 0 Å². The van der Waals surface area contributed by atoms with Gasteiger partial charge in [-0.05, 0) is 31.2 Å². The third kappa shape index (κ3) is 6.85.